The van der Waals surface area contributed by atoms with E-state index in [0.717, 1.165) is 11.6 Å². The van der Waals surface area contributed by atoms with E-state index in [0.29, 0.717) is 0 Å². The summed E-state index contributed by atoms with van der Waals surface area (Å²) in [4.78, 5) is 0. The normalized spacial score (nSPS) is 10.5. The lowest BCUT2D eigenvalue weighted by atomic mass is 10.1. The second kappa shape index (κ2) is 5.75. The Bertz CT molecular complexity index is 278. The van der Waals surface area contributed by atoms with Gasteiger partial charge in [0.2, 0.25) is 0 Å². The molecule has 2 nitrogen and oxygen atoms in total. The van der Waals surface area contributed by atoms with Crippen LogP contribution in [0.2, 0.25) is 0 Å². The maximum Gasteiger partial charge on any atom is 0.325 e. The Balaban J connectivity index is 2.63. The first-order valence-corrected chi connectivity index (χ1v) is 6.33. The number of hydrogen-bond donors (Lipinski definition) is 0. The summed E-state index contributed by atoms with van der Waals surface area (Å²) in [7, 11) is 1.94. The van der Waals surface area contributed by atoms with Crippen molar-refractivity contribution < 1.29 is 8.85 Å². The molecule has 0 radical (unpaired) electrons. The van der Waals surface area contributed by atoms with Crippen LogP contribution in [0.5, 0.6) is 0 Å². The summed E-state index contributed by atoms with van der Waals surface area (Å²) in [6.45, 7) is 3.71. The zero-order valence-corrected chi connectivity index (χ0v) is 9.85. The van der Waals surface area contributed by atoms with E-state index in [1.54, 1.807) is 14.2 Å². The van der Waals surface area contributed by atoms with Crippen molar-refractivity contribution in [3.8, 4) is 0 Å². The molecule has 0 unspecified atom stereocenters. The Morgan fingerprint density at radius 1 is 1.21 bits per heavy atom. The molecule has 0 spiro atoms. The highest BCUT2D eigenvalue weighted by Gasteiger charge is 2.09. The molecule has 0 saturated heterocycles. The summed E-state index contributed by atoms with van der Waals surface area (Å²) in [6, 6.07) is 9.20. The molecular formula is C11H16O2Si. The van der Waals surface area contributed by atoms with E-state index in [-0.39, 0.29) is 0 Å². The fourth-order valence-electron chi connectivity index (χ4n) is 1.25. The van der Waals surface area contributed by atoms with Crippen LogP contribution >= 0.6 is 0 Å². The van der Waals surface area contributed by atoms with Crippen molar-refractivity contribution in [2.24, 2.45) is 0 Å². The third-order valence-electron chi connectivity index (χ3n) is 2.14. The van der Waals surface area contributed by atoms with E-state index in [1.165, 1.54) is 5.56 Å². The van der Waals surface area contributed by atoms with Gasteiger partial charge in [-0.05, 0) is 11.1 Å². The van der Waals surface area contributed by atoms with Gasteiger partial charge in [-0.25, -0.2) is 0 Å². The molecule has 0 aliphatic rings. The third-order valence-corrected chi connectivity index (χ3v) is 4.00. The van der Waals surface area contributed by atoms with Crippen molar-refractivity contribution in [3.63, 3.8) is 0 Å². The topological polar surface area (TPSA) is 18.5 Å². The summed E-state index contributed by atoms with van der Waals surface area (Å²) in [5.41, 5.74) is 2.40. The molecule has 0 atom stereocenters. The van der Waals surface area contributed by atoms with Gasteiger partial charge in [-0.3, -0.25) is 0 Å². The summed E-state index contributed by atoms with van der Waals surface area (Å²) in [6.07, 6.45) is 1.84. The van der Waals surface area contributed by atoms with Crippen LogP contribution in [-0.4, -0.2) is 23.5 Å². The molecule has 14 heavy (non-hydrogen) atoms. The van der Waals surface area contributed by atoms with Crippen molar-refractivity contribution in [1.82, 2.24) is 0 Å². The van der Waals surface area contributed by atoms with Crippen molar-refractivity contribution in [2.45, 2.75) is 6.04 Å². The van der Waals surface area contributed by atoms with E-state index in [1.807, 2.05) is 6.08 Å². The van der Waals surface area contributed by atoms with E-state index in [9.17, 15) is 0 Å². The highest BCUT2D eigenvalue weighted by Crippen LogP contribution is 2.07. The summed E-state index contributed by atoms with van der Waals surface area (Å²) >= 11 is 0. The second-order valence-corrected chi connectivity index (χ2v) is 5.26. The van der Waals surface area contributed by atoms with Gasteiger partial charge in [0, 0.05) is 20.3 Å². The molecule has 1 aromatic rings. The SMILES string of the molecule is C=Cc1ccc(C[SiH](OC)OC)cc1. The van der Waals surface area contributed by atoms with Crippen LogP contribution in [0.15, 0.2) is 30.8 Å². The predicted molar refractivity (Wildman–Crippen MR) is 61.4 cm³/mol. The average Bonchev–Trinajstić information content (AvgIpc) is 2.26. The summed E-state index contributed by atoms with van der Waals surface area (Å²) < 4.78 is 10.5. The minimum Gasteiger partial charge on any atom is -0.400 e. The lowest BCUT2D eigenvalue weighted by Gasteiger charge is -2.10. The van der Waals surface area contributed by atoms with Gasteiger partial charge < -0.3 is 8.85 Å². The molecule has 76 valence electrons. The van der Waals surface area contributed by atoms with Gasteiger partial charge in [-0.1, -0.05) is 36.9 Å². The molecule has 1 aromatic carbocycles. The number of benzene rings is 1. The molecule has 0 N–H and O–H groups in total. The summed E-state index contributed by atoms with van der Waals surface area (Å²) in [5, 5.41) is 0. The molecule has 0 amide bonds. The highest BCUT2D eigenvalue weighted by molar-refractivity contribution is 6.43. The number of hydrogen-bond acceptors (Lipinski definition) is 2. The first kappa shape index (κ1) is 11.2. The maximum absolute atomic E-state index is 5.26. The predicted octanol–water partition coefficient (Wildman–Crippen LogP) is 1.92. The van der Waals surface area contributed by atoms with Crippen LogP contribution in [0.25, 0.3) is 6.08 Å². The Labute approximate surface area is 87.0 Å². The lowest BCUT2D eigenvalue weighted by molar-refractivity contribution is 0.277. The zero-order chi connectivity index (χ0) is 10.4. The van der Waals surface area contributed by atoms with Gasteiger partial charge in [0.05, 0.1) is 0 Å². The maximum atomic E-state index is 5.26. The van der Waals surface area contributed by atoms with Crippen LogP contribution in [0.1, 0.15) is 11.1 Å². The van der Waals surface area contributed by atoms with Crippen molar-refractivity contribution in [3.05, 3.63) is 42.0 Å². The molecule has 1 rings (SSSR count). The van der Waals surface area contributed by atoms with E-state index in [4.69, 9.17) is 8.85 Å². The third kappa shape index (κ3) is 3.10. The molecular weight excluding hydrogens is 192 g/mol. The van der Waals surface area contributed by atoms with E-state index >= 15 is 0 Å². The molecule has 0 aliphatic heterocycles. The zero-order valence-electron chi connectivity index (χ0n) is 8.69. The Kier molecular flexibility index (Phi) is 4.59. The van der Waals surface area contributed by atoms with Gasteiger partial charge in [-0.2, -0.15) is 0 Å². The molecule has 0 saturated carbocycles. The summed E-state index contributed by atoms with van der Waals surface area (Å²) in [5.74, 6) is 0. The molecule has 0 aliphatic carbocycles. The Morgan fingerprint density at radius 2 is 1.79 bits per heavy atom. The van der Waals surface area contributed by atoms with Gasteiger partial charge in [-0.15, -0.1) is 0 Å². The Hall–Kier alpha value is -0.903. The van der Waals surface area contributed by atoms with Crippen molar-refractivity contribution in [1.29, 1.82) is 0 Å². The average molecular weight is 208 g/mol. The smallest absolute Gasteiger partial charge is 0.325 e. The van der Waals surface area contributed by atoms with Gasteiger partial charge in [0.15, 0.2) is 0 Å². The highest BCUT2D eigenvalue weighted by atomic mass is 28.3. The van der Waals surface area contributed by atoms with Gasteiger partial charge in [0.25, 0.3) is 0 Å². The Morgan fingerprint density at radius 3 is 2.21 bits per heavy atom. The lowest BCUT2D eigenvalue weighted by Crippen LogP contribution is -2.22. The van der Waals surface area contributed by atoms with Crippen molar-refractivity contribution in [2.75, 3.05) is 14.2 Å². The monoisotopic (exact) mass is 208 g/mol. The second-order valence-electron chi connectivity index (χ2n) is 3.05. The van der Waals surface area contributed by atoms with Crippen molar-refractivity contribution >= 4 is 15.4 Å². The molecule has 0 bridgehead atoms. The minimum absolute atomic E-state index is 0.907. The van der Waals surface area contributed by atoms with E-state index in [2.05, 4.69) is 30.8 Å². The first-order chi connectivity index (χ1) is 6.80. The van der Waals surface area contributed by atoms with Crippen LogP contribution in [0.4, 0.5) is 0 Å². The molecule has 3 heteroatoms. The molecule has 0 heterocycles. The van der Waals surface area contributed by atoms with Gasteiger partial charge in [0.1, 0.15) is 0 Å². The van der Waals surface area contributed by atoms with Gasteiger partial charge >= 0.3 is 9.28 Å². The fourth-order valence-corrected chi connectivity index (χ4v) is 2.43. The van der Waals surface area contributed by atoms with Crippen LogP contribution in [0.3, 0.4) is 0 Å². The quantitative estimate of drug-likeness (QED) is 0.688. The van der Waals surface area contributed by atoms with Crippen LogP contribution < -0.4 is 0 Å². The number of rotatable bonds is 5. The largest absolute Gasteiger partial charge is 0.400 e. The molecule has 0 aromatic heterocycles. The van der Waals surface area contributed by atoms with Crippen LogP contribution in [0, 0.1) is 0 Å². The van der Waals surface area contributed by atoms with Crippen LogP contribution in [-0.2, 0) is 14.9 Å². The minimum atomic E-state index is -1.47. The fraction of sp³-hybridized carbons (Fsp3) is 0.273. The standard InChI is InChI=1S/C11H16O2Si/c1-4-10-5-7-11(8-6-10)9-14(12-2)13-3/h4-8,14H,1,9H2,2-3H3. The van der Waals surface area contributed by atoms with E-state index < -0.39 is 9.28 Å². The first-order valence-electron chi connectivity index (χ1n) is 4.57. The molecule has 0 fully saturated rings.